The second kappa shape index (κ2) is 5.92. The lowest BCUT2D eigenvalue weighted by atomic mass is 10.2. The van der Waals surface area contributed by atoms with Crippen molar-refractivity contribution >= 4 is 40.0 Å². The molecule has 19 heavy (non-hydrogen) atoms. The second-order valence-corrected chi connectivity index (χ2v) is 5.38. The van der Waals surface area contributed by atoms with Crippen LogP contribution in [0.1, 0.15) is 12.6 Å². The van der Waals surface area contributed by atoms with E-state index >= 15 is 0 Å². The van der Waals surface area contributed by atoms with Gasteiger partial charge in [-0.2, -0.15) is 0 Å². The predicted molar refractivity (Wildman–Crippen MR) is 85.5 cm³/mol. The molecule has 0 spiro atoms. The summed E-state index contributed by atoms with van der Waals surface area (Å²) in [7, 11) is 1.58. The van der Waals surface area contributed by atoms with E-state index in [2.05, 4.69) is 32.6 Å². The Bertz CT molecular complexity index is 619. The number of halogens is 2. The molecule has 0 aliphatic rings. The summed E-state index contributed by atoms with van der Waals surface area (Å²) in [6.45, 7) is 2.04. The highest BCUT2D eigenvalue weighted by molar-refractivity contribution is 14.1. The zero-order valence-corrected chi connectivity index (χ0v) is 13.5. The Hall–Kier alpha value is -1.08. The standard InChI is InChI=1S/C13H13ClIN3O/c1-3-9-11(15)12(16)18-13(17-9)7-4-5-10(19-2)8(14)6-7/h4-6H,3H2,1-2H3,(H2,16,17,18). The Balaban J connectivity index is 2.53. The van der Waals surface area contributed by atoms with E-state index in [4.69, 9.17) is 22.1 Å². The van der Waals surface area contributed by atoms with Gasteiger partial charge in [0.2, 0.25) is 0 Å². The Kier molecular flexibility index (Phi) is 4.46. The third kappa shape index (κ3) is 2.92. The summed E-state index contributed by atoms with van der Waals surface area (Å²) in [4.78, 5) is 8.83. The molecule has 1 aromatic carbocycles. The number of nitrogens with two attached hydrogens (primary N) is 1. The quantitative estimate of drug-likeness (QED) is 0.816. The highest BCUT2D eigenvalue weighted by Gasteiger charge is 2.11. The van der Waals surface area contributed by atoms with E-state index in [9.17, 15) is 0 Å². The zero-order valence-electron chi connectivity index (χ0n) is 10.6. The topological polar surface area (TPSA) is 61.0 Å². The molecule has 0 unspecified atom stereocenters. The van der Waals surface area contributed by atoms with Crippen LogP contribution in [0.15, 0.2) is 18.2 Å². The molecular weight excluding hydrogens is 377 g/mol. The minimum atomic E-state index is 0.495. The lowest BCUT2D eigenvalue weighted by Crippen LogP contribution is -2.04. The minimum Gasteiger partial charge on any atom is -0.495 e. The molecule has 0 fully saturated rings. The molecule has 2 rings (SSSR count). The average molecular weight is 390 g/mol. The summed E-state index contributed by atoms with van der Waals surface area (Å²) in [6.07, 6.45) is 0.807. The number of ether oxygens (including phenoxy) is 1. The molecule has 0 aliphatic heterocycles. The fourth-order valence-electron chi connectivity index (χ4n) is 1.68. The first kappa shape index (κ1) is 14.3. The smallest absolute Gasteiger partial charge is 0.161 e. The maximum atomic E-state index is 6.11. The van der Waals surface area contributed by atoms with Crippen LogP contribution in [0.4, 0.5) is 5.82 Å². The second-order valence-electron chi connectivity index (χ2n) is 3.90. The number of benzene rings is 1. The van der Waals surface area contributed by atoms with Crippen LogP contribution in [0.2, 0.25) is 5.02 Å². The van der Waals surface area contributed by atoms with Crippen LogP contribution in [0.25, 0.3) is 11.4 Å². The van der Waals surface area contributed by atoms with E-state index in [1.54, 1.807) is 19.2 Å². The molecule has 2 N–H and O–H groups in total. The van der Waals surface area contributed by atoms with Crippen molar-refractivity contribution in [1.29, 1.82) is 0 Å². The number of rotatable bonds is 3. The molecule has 0 radical (unpaired) electrons. The van der Waals surface area contributed by atoms with Crippen molar-refractivity contribution in [2.45, 2.75) is 13.3 Å². The lowest BCUT2D eigenvalue weighted by Gasteiger charge is -2.09. The summed E-state index contributed by atoms with van der Waals surface area (Å²) in [5.74, 6) is 1.70. The maximum absolute atomic E-state index is 6.11. The Morgan fingerprint density at radius 3 is 2.68 bits per heavy atom. The summed E-state index contributed by atoms with van der Waals surface area (Å²) in [5.41, 5.74) is 7.67. The Morgan fingerprint density at radius 1 is 1.37 bits per heavy atom. The highest BCUT2D eigenvalue weighted by atomic mass is 127. The molecular formula is C13H13ClIN3O. The molecule has 0 atom stereocenters. The summed E-state index contributed by atoms with van der Waals surface area (Å²) in [6, 6.07) is 5.44. The Morgan fingerprint density at radius 2 is 2.11 bits per heavy atom. The monoisotopic (exact) mass is 389 g/mol. The zero-order chi connectivity index (χ0) is 14.0. The highest BCUT2D eigenvalue weighted by Crippen LogP contribution is 2.30. The van der Waals surface area contributed by atoms with Gasteiger partial charge in [-0.3, -0.25) is 0 Å². The number of methoxy groups -OCH3 is 1. The van der Waals surface area contributed by atoms with Gasteiger partial charge < -0.3 is 10.5 Å². The van der Waals surface area contributed by atoms with E-state index in [-0.39, 0.29) is 0 Å². The predicted octanol–water partition coefficient (Wildman–Crippen LogP) is 3.55. The normalized spacial score (nSPS) is 10.5. The van der Waals surface area contributed by atoms with Gasteiger partial charge in [-0.05, 0) is 47.2 Å². The molecule has 1 heterocycles. The van der Waals surface area contributed by atoms with Crippen molar-refractivity contribution in [1.82, 2.24) is 9.97 Å². The molecule has 4 nitrogen and oxygen atoms in total. The van der Waals surface area contributed by atoms with Gasteiger partial charge in [0.15, 0.2) is 5.82 Å². The van der Waals surface area contributed by atoms with Crippen LogP contribution in [-0.4, -0.2) is 17.1 Å². The molecule has 0 aliphatic carbocycles. The summed E-state index contributed by atoms with van der Waals surface area (Å²) >= 11 is 8.27. The van der Waals surface area contributed by atoms with Crippen molar-refractivity contribution < 1.29 is 4.74 Å². The maximum Gasteiger partial charge on any atom is 0.161 e. The van der Waals surface area contributed by atoms with Gasteiger partial charge in [0, 0.05) is 5.56 Å². The number of aromatic nitrogens is 2. The van der Waals surface area contributed by atoms with Crippen LogP contribution < -0.4 is 10.5 Å². The number of hydrogen-bond acceptors (Lipinski definition) is 4. The number of nitrogens with zero attached hydrogens (tertiary/aromatic N) is 2. The molecule has 0 bridgehead atoms. The summed E-state index contributed by atoms with van der Waals surface area (Å²) < 4.78 is 6.03. The molecule has 0 amide bonds. The molecule has 1 aromatic heterocycles. The fraction of sp³-hybridized carbons (Fsp3) is 0.231. The number of nitrogen functional groups attached to an aromatic ring is 1. The van der Waals surface area contributed by atoms with Crippen LogP contribution in [0.5, 0.6) is 5.75 Å². The third-order valence-electron chi connectivity index (χ3n) is 2.69. The number of hydrogen-bond donors (Lipinski definition) is 1. The summed E-state index contributed by atoms with van der Waals surface area (Å²) in [5, 5.41) is 0.527. The Labute approximate surface area is 130 Å². The van der Waals surface area contributed by atoms with Gasteiger partial charge in [0.25, 0.3) is 0 Å². The van der Waals surface area contributed by atoms with Crippen LogP contribution >= 0.6 is 34.2 Å². The van der Waals surface area contributed by atoms with Gasteiger partial charge in [0.1, 0.15) is 11.6 Å². The van der Waals surface area contributed by atoms with Crippen LogP contribution in [0, 0.1) is 3.57 Å². The van der Waals surface area contributed by atoms with Gasteiger partial charge in [-0.15, -0.1) is 0 Å². The third-order valence-corrected chi connectivity index (χ3v) is 4.16. The molecule has 2 aromatic rings. The van der Waals surface area contributed by atoms with Crippen molar-refractivity contribution in [2.75, 3.05) is 12.8 Å². The molecule has 0 saturated heterocycles. The van der Waals surface area contributed by atoms with Crippen LogP contribution in [-0.2, 0) is 6.42 Å². The van der Waals surface area contributed by atoms with Crippen molar-refractivity contribution in [2.24, 2.45) is 0 Å². The van der Waals surface area contributed by atoms with Gasteiger partial charge in [0.05, 0.1) is 21.4 Å². The van der Waals surface area contributed by atoms with Crippen molar-refractivity contribution in [3.05, 3.63) is 32.5 Å². The van der Waals surface area contributed by atoms with E-state index < -0.39 is 0 Å². The fourth-order valence-corrected chi connectivity index (χ4v) is 2.56. The molecule has 100 valence electrons. The SMILES string of the molecule is CCc1nc(-c2ccc(OC)c(Cl)c2)nc(N)c1I. The number of anilines is 1. The van der Waals surface area contributed by atoms with Gasteiger partial charge >= 0.3 is 0 Å². The first-order valence-corrected chi connectivity index (χ1v) is 7.18. The van der Waals surface area contributed by atoms with E-state index in [1.165, 1.54) is 0 Å². The van der Waals surface area contributed by atoms with Gasteiger partial charge in [-0.25, -0.2) is 9.97 Å². The first-order chi connectivity index (χ1) is 9.06. The van der Waals surface area contributed by atoms with Crippen LogP contribution in [0.3, 0.4) is 0 Å². The minimum absolute atomic E-state index is 0.495. The van der Waals surface area contributed by atoms with Crippen molar-refractivity contribution in [3.63, 3.8) is 0 Å². The van der Waals surface area contributed by atoms with E-state index in [0.29, 0.717) is 22.4 Å². The van der Waals surface area contributed by atoms with E-state index in [0.717, 1.165) is 21.2 Å². The van der Waals surface area contributed by atoms with Gasteiger partial charge in [-0.1, -0.05) is 18.5 Å². The largest absolute Gasteiger partial charge is 0.495 e. The van der Waals surface area contributed by atoms with Crippen molar-refractivity contribution in [3.8, 4) is 17.1 Å². The van der Waals surface area contributed by atoms with E-state index in [1.807, 2.05) is 13.0 Å². The lowest BCUT2D eigenvalue weighted by molar-refractivity contribution is 0.415. The molecule has 6 heteroatoms. The average Bonchev–Trinajstić information content (AvgIpc) is 2.41. The number of aryl methyl sites for hydroxylation is 1. The first-order valence-electron chi connectivity index (χ1n) is 5.72. The molecule has 0 saturated carbocycles.